The molecule has 0 spiro atoms. The van der Waals surface area contributed by atoms with Gasteiger partial charge in [0.1, 0.15) is 5.56 Å². The van der Waals surface area contributed by atoms with Crippen molar-refractivity contribution in [3.8, 4) is 0 Å². The van der Waals surface area contributed by atoms with Crippen molar-refractivity contribution < 1.29 is 4.79 Å². The topological polar surface area (TPSA) is 74.0 Å². The molecule has 1 aliphatic rings. The number of hydrogen-bond acceptors (Lipinski definition) is 3. The van der Waals surface area contributed by atoms with Crippen LogP contribution in [0.3, 0.4) is 0 Å². The van der Waals surface area contributed by atoms with E-state index in [9.17, 15) is 9.59 Å². The molecule has 0 aromatic carbocycles. The Labute approximate surface area is 125 Å². The summed E-state index contributed by atoms with van der Waals surface area (Å²) in [5, 5.41) is 6.28. The highest BCUT2D eigenvalue weighted by molar-refractivity contribution is 5.93. The van der Waals surface area contributed by atoms with Gasteiger partial charge in [-0.2, -0.15) is 0 Å². The highest BCUT2D eigenvalue weighted by Crippen LogP contribution is 2.16. The van der Waals surface area contributed by atoms with E-state index in [1.807, 2.05) is 0 Å². The summed E-state index contributed by atoms with van der Waals surface area (Å²) >= 11 is 0. The van der Waals surface area contributed by atoms with Crippen molar-refractivity contribution in [2.75, 3.05) is 13.1 Å². The van der Waals surface area contributed by atoms with Gasteiger partial charge in [0.2, 0.25) is 0 Å². The van der Waals surface area contributed by atoms with Crippen molar-refractivity contribution in [2.24, 2.45) is 0 Å². The monoisotopic (exact) mass is 291 g/mol. The first-order valence-corrected chi connectivity index (χ1v) is 7.88. The van der Waals surface area contributed by atoms with Crippen LogP contribution in [0.15, 0.2) is 16.9 Å². The molecular weight excluding hydrogens is 266 g/mol. The van der Waals surface area contributed by atoms with Crippen molar-refractivity contribution in [1.82, 2.24) is 15.6 Å². The van der Waals surface area contributed by atoms with E-state index < -0.39 is 0 Å². The molecule has 5 nitrogen and oxygen atoms in total. The van der Waals surface area contributed by atoms with Gasteiger partial charge in [-0.1, -0.05) is 25.7 Å². The second-order valence-electron chi connectivity index (χ2n) is 5.78. The first kappa shape index (κ1) is 15.8. The standard InChI is InChI=1S/C16H25N3O2/c1-12-8-9-14(16(21)19-12)15(20)18-11-10-17-13-6-4-2-3-5-7-13/h8-9,13,17H,2-7,10-11H2,1H3,(H,18,20)(H,19,21). The van der Waals surface area contributed by atoms with E-state index in [0.29, 0.717) is 12.6 Å². The minimum Gasteiger partial charge on any atom is -0.351 e. The Morgan fingerprint density at radius 2 is 1.90 bits per heavy atom. The van der Waals surface area contributed by atoms with E-state index in [1.54, 1.807) is 19.1 Å². The predicted octanol–water partition coefficient (Wildman–Crippen LogP) is 1.73. The minimum atomic E-state index is -0.329. The Bertz CT molecular complexity index is 516. The molecule has 1 aromatic rings. The second-order valence-corrected chi connectivity index (χ2v) is 5.78. The van der Waals surface area contributed by atoms with Crippen LogP contribution in [0.2, 0.25) is 0 Å². The fraction of sp³-hybridized carbons (Fsp3) is 0.625. The normalized spacial score (nSPS) is 16.4. The zero-order valence-corrected chi connectivity index (χ0v) is 12.7. The van der Waals surface area contributed by atoms with Gasteiger partial charge in [-0.15, -0.1) is 0 Å². The van der Waals surface area contributed by atoms with E-state index in [-0.39, 0.29) is 17.0 Å². The van der Waals surface area contributed by atoms with Crippen molar-refractivity contribution in [2.45, 2.75) is 51.5 Å². The van der Waals surface area contributed by atoms with E-state index in [2.05, 4.69) is 15.6 Å². The van der Waals surface area contributed by atoms with Crippen LogP contribution in [0.5, 0.6) is 0 Å². The highest BCUT2D eigenvalue weighted by atomic mass is 16.2. The predicted molar refractivity (Wildman–Crippen MR) is 83.6 cm³/mol. The first-order valence-electron chi connectivity index (χ1n) is 7.88. The first-order chi connectivity index (χ1) is 10.2. The molecule has 21 heavy (non-hydrogen) atoms. The molecule has 1 amide bonds. The molecule has 0 aliphatic heterocycles. The lowest BCUT2D eigenvalue weighted by molar-refractivity contribution is 0.0952. The largest absolute Gasteiger partial charge is 0.351 e. The highest BCUT2D eigenvalue weighted by Gasteiger charge is 2.12. The summed E-state index contributed by atoms with van der Waals surface area (Å²) in [5.41, 5.74) is 0.603. The van der Waals surface area contributed by atoms with Gasteiger partial charge in [-0.3, -0.25) is 9.59 Å². The van der Waals surface area contributed by atoms with Crippen molar-refractivity contribution in [1.29, 1.82) is 0 Å². The number of carbonyl (C=O) groups is 1. The lowest BCUT2D eigenvalue weighted by Gasteiger charge is -2.16. The Balaban J connectivity index is 1.72. The number of aryl methyl sites for hydroxylation is 1. The third-order valence-corrected chi connectivity index (χ3v) is 4.00. The van der Waals surface area contributed by atoms with Gasteiger partial charge in [0, 0.05) is 24.8 Å². The number of aromatic nitrogens is 1. The van der Waals surface area contributed by atoms with Gasteiger partial charge in [-0.05, 0) is 31.9 Å². The molecule has 2 rings (SSSR count). The molecular formula is C16H25N3O2. The maximum atomic E-state index is 11.9. The number of nitrogens with one attached hydrogen (secondary N) is 3. The fourth-order valence-electron chi connectivity index (χ4n) is 2.78. The molecule has 0 saturated heterocycles. The van der Waals surface area contributed by atoms with Crippen LogP contribution >= 0.6 is 0 Å². The van der Waals surface area contributed by atoms with Crippen LogP contribution in [-0.4, -0.2) is 30.0 Å². The quantitative estimate of drug-likeness (QED) is 0.571. The van der Waals surface area contributed by atoms with Crippen LogP contribution < -0.4 is 16.2 Å². The number of rotatable bonds is 5. The molecule has 1 fully saturated rings. The van der Waals surface area contributed by atoms with Gasteiger partial charge in [0.05, 0.1) is 0 Å². The number of H-pyrrole nitrogens is 1. The summed E-state index contributed by atoms with van der Waals surface area (Å²) in [5.74, 6) is -0.307. The van der Waals surface area contributed by atoms with E-state index in [1.165, 1.54) is 38.5 Å². The van der Waals surface area contributed by atoms with Gasteiger partial charge in [0.25, 0.3) is 11.5 Å². The maximum Gasteiger partial charge on any atom is 0.260 e. The van der Waals surface area contributed by atoms with E-state index >= 15 is 0 Å². The molecule has 5 heteroatoms. The summed E-state index contributed by atoms with van der Waals surface area (Å²) in [6, 6.07) is 3.88. The average molecular weight is 291 g/mol. The summed E-state index contributed by atoms with van der Waals surface area (Å²) in [7, 11) is 0. The molecule has 116 valence electrons. The van der Waals surface area contributed by atoms with E-state index in [4.69, 9.17) is 0 Å². The second kappa shape index (κ2) is 7.98. The van der Waals surface area contributed by atoms with Gasteiger partial charge in [0.15, 0.2) is 0 Å². The molecule has 0 bridgehead atoms. The van der Waals surface area contributed by atoms with Gasteiger partial charge in [-0.25, -0.2) is 0 Å². The molecule has 1 saturated carbocycles. The number of carbonyl (C=O) groups excluding carboxylic acids is 1. The molecule has 0 atom stereocenters. The summed E-state index contributed by atoms with van der Waals surface area (Å²) in [6.07, 6.45) is 7.72. The third-order valence-electron chi connectivity index (χ3n) is 4.00. The number of pyridine rings is 1. The van der Waals surface area contributed by atoms with E-state index in [0.717, 1.165) is 12.2 Å². The zero-order chi connectivity index (χ0) is 15.1. The lowest BCUT2D eigenvalue weighted by atomic mass is 10.1. The Kier molecular flexibility index (Phi) is 5.99. The third kappa shape index (κ3) is 5.01. The summed E-state index contributed by atoms with van der Waals surface area (Å²) < 4.78 is 0. The molecule has 1 heterocycles. The Hall–Kier alpha value is -1.62. The molecule has 1 aromatic heterocycles. The Morgan fingerprint density at radius 1 is 1.19 bits per heavy atom. The van der Waals surface area contributed by atoms with Crippen LogP contribution in [0.25, 0.3) is 0 Å². The van der Waals surface area contributed by atoms with Gasteiger partial charge >= 0.3 is 0 Å². The van der Waals surface area contributed by atoms with Crippen molar-refractivity contribution in [3.05, 3.63) is 33.7 Å². The zero-order valence-electron chi connectivity index (χ0n) is 12.7. The number of aromatic amines is 1. The van der Waals surface area contributed by atoms with Crippen LogP contribution in [0.1, 0.15) is 54.6 Å². The smallest absolute Gasteiger partial charge is 0.260 e. The van der Waals surface area contributed by atoms with Crippen LogP contribution in [0, 0.1) is 6.92 Å². The Morgan fingerprint density at radius 3 is 2.57 bits per heavy atom. The lowest BCUT2D eigenvalue weighted by Crippen LogP contribution is -2.38. The van der Waals surface area contributed by atoms with Crippen molar-refractivity contribution >= 4 is 5.91 Å². The van der Waals surface area contributed by atoms with Gasteiger partial charge < -0.3 is 15.6 Å². The minimum absolute atomic E-state index is 0.176. The fourth-order valence-corrected chi connectivity index (χ4v) is 2.78. The summed E-state index contributed by atoms with van der Waals surface area (Å²) in [4.78, 5) is 26.2. The van der Waals surface area contributed by atoms with Crippen LogP contribution in [0.4, 0.5) is 0 Å². The van der Waals surface area contributed by atoms with Crippen LogP contribution in [-0.2, 0) is 0 Å². The van der Waals surface area contributed by atoms with Crippen molar-refractivity contribution in [3.63, 3.8) is 0 Å². The maximum absolute atomic E-state index is 11.9. The molecule has 0 unspecified atom stereocenters. The average Bonchev–Trinajstić information content (AvgIpc) is 2.72. The SMILES string of the molecule is Cc1ccc(C(=O)NCCNC2CCCCCC2)c(=O)[nH]1. The molecule has 0 radical (unpaired) electrons. The number of hydrogen-bond donors (Lipinski definition) is 3. The number of amides is 1. The molecule has 3 N–H and O–H groups in total. The molecule has 1 aliphatic carbocycles. The summed E-state index contributed by atoms with van der Waals surface area (Å²) in [6.45, 7) is 3.09.